The zero-order chi connectivity index (χ0) is 13.8. The number of carbonyl (C=O) groups excluding carboxylic acids is 1. The summed E-state index contributed by atoms with van der Waals surface area (Å²) in [5, 5.41) is 0. The highest BCUT2D eigenvalue weighted by Gasteiger charge is 2.26. The number of piperidine rings is 1. The van der Waals surface area contributed by atoms with E-state index in [0.29, 0.717) is 6.42 Å². The Morgan fingerprint density at radius 1 is 1.53 bits per heavy atom. The Labute approximate surface area is 123 Å². The number of nitrogens with two attached hydrogens (primary N) is 1. The second-order valence-corrected chi connectivity index (χ2v) is 6.27. The second-order valence-electron chi connectivity index (χ2n) is 5.35. The largest absolute Gasteiger partial charge is 0.340 e. The molecule has 1 aromatic carbocycles. The van der Waals surface area contributed by atoms with Gasteiger partial charge in [-0.3, -0.25) is 4.79 Å². The van der Waals surface area contributed by atoms with Crippen LogP contribution in [0.4, 0.5) is 0 Å². The van der Waals surface area contributed by atoms with Crippen molar-refractivity contribution in [3.8, 4) is 0 Å². The average molecular weight is 325 g/mol. The summed E-state index contributed by atoms with van der Waals surface area (Å²) >= 11 is 3.45. The highest BCUT2D eigenvalue weighted by atomic mass is 79.9. The lowest BCUT2D eigenvalue weighted by molar-refractivity contribution is -0.134. The molecular weight excluding hydrogens is 304 g/mol. The minimum Gasteiger partial charge on any atom is -0.340 e. The Kier molecular flexibility index (Phi) is 4.99. The van der Waals surface area contributed by atoms with E-state index in [1.807, 2.05) is 17.0 Å². The molecule has 1 aliphatic heterocycles. The number of aryl methyl sites for hydroxylation is 1. The Morgan fingerprint density at radius 2 is 2.32 bits per heavy atom. The smallest absolute Gasteiger partial charge is 0.223 e. The van der Waals surface area contributed by atoms with E-state index in [1.54, 1.807) is 0 Å². The van der Waals surface area contributed by atoms with Gasteiger partial charge in [0.25, 0.3) is 0 Å². The number of amides is 1. The van der Waals surface area contributed by atoms with Crippen molar-refractivity contribution >= 4 is 21.8 Å². The minimum absolute atomic E-state index is 0.249. The van der Waals surface area contributed by atoms with Crippen LogP contribution in [-0.2, 0) is 11.2 Å². The maximum absolute atomic E-state index is 12.2. The number of halogens is 1. The van der Waals surface area contributed by atoms with E-state index in [1.165, 1.54) is 5.56 Å². The number of carbonyl (C=O) groups is 1. The van der Waals surface area contributed by atoms with Crippen LogP contribution in [0.3, 0.4) is 0 Å². The van der Waals surface area contributed by atoms with Crippen molar-refractivity contribution < 1.29 is 4.79 Å². The number of nitrogens with zero attached hydrogens (tertiary/aromatic N) is 1. The summed E-state index contributed by atoms with van der Waals surface area (Å²) in [5.74, 6) is 0.249. The standard InChI is InChI=1S/C15H21BrN2O/c1-11-9-14(17)7-8-18(11)15(19)6-5-12-3-2-4-13(16)10-12/h2-4,10-11,14H,5-9,17H2,1H3/t11-,14+/m0/s1. The highest BCUT2D eigenvalue weighted by molar-refractivity contribution is 9.10. The Morgan fingerprint density at radius 3 is 3.00 bits per heavy atom. The molecule has 2 rings (SSSR count). The van der Waals surface area contributed by atoms with Crippen molar-refractivity contribution in [2.75, 3.05) is 6.54 Å². The molecule has 4 heteroatoms. The molecule has 1 aliphatic rings. The Bertz CT molecular complexity index is 450. The van der Waals surface area contributed by atoms with Gasteiger partial charge in [0.05, 0.1) is 0 Å². The molecule has 1 heterocycles. The van der Waals surface area contributed by atoms with Gasteiger partial charge in [-0.15, -0.1) is 0 Å². The maximum atomic E-state index is 12.2. The number of likely N-dealkylation sites (tertiary alicyclic amines) is 1. The number of benzene rings is 1. The molecule has 0 radical (unpaired) electrons. The van der Waals surface area contributed by atoms with Gasteiger partial charge in [-0.1, -0.05) is 28.1 Å². The van der Waals surface area contributed by atoms with Gasteiger partial charge in [-0.05, 0) is 43.9 Å². The molecule has 1 amide bonds. The zero-order valence-corrected chi connectivity index (χ0v) is 12.9. The van der Waals surface area contributed by atoms with Gasteiger partial charge in [-0.25, -0.2) is 0 Å². The van der Waals surface area contributed by atoms with Crippen molar-refractivity contribution in [3.63, 3.8) is 0 Å². The average Bonchev–Trinajstić information content (AvgIpc) is 2.36. The summed E-state index contributed by atoms with van der Waals surface area (Å²) < 4.78 is 1.06. The maximum Gasteiger partial charge on any atom is 0.223 e. The van der Waals surface area contributed by atoms with Gasteiger partial charge >= 0.3 is 0 Å². The summed E-state index contributed by atoms with van der Waals surface area (Å²) in [5.41, 5.74) is 7.12. The molecule has 2 N–H and O–H groups in total. The fourth-order valence-corrected chi connectivity index (χ4v) is 3.11. The predicted octanol–water partition coefficient (Wildman–Crippen LogP) is 2.72. The molecule has 0 aliphatic carbocycles. The molecule has 3 nitrogen and oxygen atoms in total. The first-order chi connectivity index (χ1) is 9.06. The first kappa shape index (κ1) is 14.5. The molecule has 0 saturated carbocycles. The van der Waals surface area contributed by atoms with Gasteiger partial charge < -0.3 is 10.6 Å². The summed E-state index contributed by atoms with van der Waals surface area (Å²) in [7, 11) is 0. The fourth-order valence-electron chi connectivity index (χ4n) is 2.67. The first-order valence-corrected chi connectivity index (χ1v) is 7.65. The number of hydrogen-bond acceptors (Lipinski definition) is 2. The van der Waals surface area contributed by atoms with Crippen molar-refractivity contribution in [1.29, 1.82) is 0 Å². The number of hydrogen-bond donors (Lipinski definition) is 1. The Hall–Kier alpha value is -0.870. The van der Waals surface area contributed by atoms with Crippen molar-refractivity contribution in [2.24, 2.45) is 5.73 Å². The lowest BCUT2D eigenvalue weighted by Gasteiger charge is -2.36. The third-order valence-corrected chi connectivity index (χ3v) is 4.25. The molecule has 19 heavy (non-hydrogen) atoms. The van der Waals surface area contributed by atoms with Gasteiger partial charge in [0.1, 0.15) is 0 Å². The normalized spacial score (nSPS) is 23.4. The molecule has 104 valence electrons. The molecule has 0 unspecified atom stereocenters. The summed E-state index contributed by atoms with van der Waals surface area (Å²) in [6.07, 6.45) is 3.22. The van der Waals surface area contributed by atoms with Crippen LogP contribution < -0.4 is 5.73 Å². The SMILES string of the molecule is C[C@H]1C[C@H](N)CCN1C(=O)CCc1cccc(Br)c1. The third-order valence-electron chi connectivity index (χ3n) is 3.75. The van der Waals surface area contributed by atoms with Gasteiger partial charge in [0.2, 0.25) is 5.91 Å². The Balaban J connectivity index is 1.87. The van der Waals surface area contributed by atoms with E-state index in [4.69, 9.17) is 5.73 Å². The van der Waals surface area contributed by atoms with E-state index in [2.05, 4.69) is 35.0 Å². The molecule has 0 aromatic heterocycles. The molecule has 0 bridgehead atoms. The van der Waals surface area contributed by atoms with Crippen LogP contribution in [0.15, 0.2) is 28.7 Å². The van der Waals surface area contributed by atoms with Crippen LogP contribution in [-0.4, -0.2) is 29.4 Å². The van der Waals surface area contributed by atoms with Crippen molar-refractivity contribution in [3.05, 3.63) is 34.3 Å². The summed E-state index contributed by atoms with van der Waals surface area (Å²) in [6.45, 7) is 2.90. The summed E-state index contributed by atoms with van der Waals surface area (Å²) in [4.78, 5) is 14.2. The molecule has 1 saturated heterocycles. The van der Waals surface area contributed by atoms with E-state index >= 15 is 0 Å². The van der Waals surface area contributed by atoms with Crippen LogP contribution in [0.5, 0.6) is 0 Å². The van der Waals surface area contributed by atoms with Crippen LogP contribution in [0.2, 0.25) is 0 Å². The monoisotopic (exact) mass is 324 g/mol. The molecule has 0 spiro atoms. The molecule has 1 aromatic rings. The fraction of sp³-hybridized carbons (Fsp3) is 0.533. The van der Waals surface area contributed by atoms with Gasteiger partial charge in [0, 0.05) is 29.5 Å². The van der Waals surface area contributed by atoms with Crippen molar-refractivity contribution in [2.45, 2.75) is 44.7 Å². The number of rotatable bonds is 3. The van der Waals surface area contributed by atoms with E-state index in [-0.39, 0.29) is 18.0 Å². The summed E-state index contributed by atoms with van der Waals surface area (Å²) in [6, 6.07) is 8.67. The highest BCUT2D eigenvalue weighted by Crippen LogP contribution is 2.18. The van der Waals surface area contributed by atoms with E-state index in [9.17, 15) is 4.79 Å². The lowest BCUT2D eigenvalue weighted by Crippen LogP contribution is -2.48. The quantitative estimate of drug-likeness (QED) is 0.929. The topological polar surface area (TPSA) is 46.3 Å². The minimum atomic E-state index is 0.249. The van der Waals surface area contributed by atoms with Crippen LogP contribution >= 0.6 is 15.9 Å². The van der Waals surface area contributed by atoms with Gasteiger partial charge in [-0.2, -0.15) is 0 Å². The van der Waals surface area contributed by atoms with Crippen LogP contribution in [0.25, 0.3) is 0 Å². The lowest BCUT2D eigenvalue weighted by atomic mass is 9.98. The van der Waals surface area contributed by atoms with Gasteiger partial charge in [0.15, 0.2) is 0 Å². The predicted molar refractivity (Wildman–Crippen MR) is 80.8 cm³/mol. The van der Waals surface area contributed by atoms with Crippen LogP contribution in [0.1, 0.15) is 31.7 Å². The van der Waals surface area contributed by atoms with Crippen LogP contribution in [0, 0.1) is 0 Å². The third kappa shape index (κ3) is 4.05. The molecular formula is C15H21BrN2O. The van der Waals surface area contributed by atoms with Crippen molar-refractivity contribution in [1.82, 2.24) is 4.90 Å². The van der Waals surface area contributed by atoms with E-state index < -0.39 is 0 Å². The molecule has 2 atom stereocenters. The second kappa shape index (κ2) is 6.53. The molecule has 1 fully saturated rings. The first-order valence-electron chi connectivity index (χ1n) is 6.86. The zero-order valence-electron chi connectivity index (χ0n) is 11.3. The van der Waals surface area contributed by atoms with E-state index in [0.717, 1.165) is 30.3 Å².